The average molecular weight is 312 g/mol. The lowest BCUT2D eigenvalue weighted by molar-refractivity contribution is 0.0612. The molecule has 1 aromatic heterocycles. The van der Waals surface area contributed by atoms with Crippen LogP contribution in [0.5, 0.6) is 0 Å². The van der Waals surface area contributed by atoms with E-state index in [1.165, 1.54) is 6.20 Å². The number of carbonyl (C=O) groups is 1. The molecule has 7 nitrogen and oxygen atoms in total. The van der Waals surface area contributed by atoms with Crippen LogP contribution in [-0.4, -0.2) is 54.6 Å². The molecule has 1 fully saturated rings. The van der Waals surface area contributed by atoms with Crippen LogP contribution >= 0.6 is 0 Å². The van der Waals surface area contributed by atoms with Gasteiger partial charge in [0.2, 0.25) is 10.0 Å². The van der Waals surface area contributed by atoms with Crippen LogP contribution < -0.4 is 4.72 Å². The van der Waals surface area contributed by atoms with Gasteiger partial charge < -0.3 is 4.90 Å². The van der Waals surface area contributed by atoms with E-state index in [2.05, 4.69) is 14.7 Å². The summed E-state index contributed by atoms with van der Waals surface area (Å²) in [5.74, 6) is -0.192. The molecule has 8 heteroatoms. The Balaban J connectivity index is 2.10. The molecule has 1 aliphatic heterocycles. The minimum absolute atomic E-state index is 0.135. The number of nitrogens with zero attached hydrogens (tertiary/aromatic N) is 3. The third-order valence-corrected chi connectivity index (χ3v) is 4.16. The number of aromatic nitrogens is 2. The van der Waals surface area contributed by atoms with E-state index in [-0.39, 0.29) is 18.5 Å². The Morgan fingerprint density at radius 3 is 2.76 bits per heavy atom. The number of piperidine rings is 1. The maximum Gasteiger partial charge on any atom is 0.274 e. The van der Waals surface area contributed by atoms with E-state index in [9.17, 15) is 13.2 Å². The van der Waals surface area contributed by atoms with E-state index < -0.39 is 10.0 Å². The predicted octanol–water partition coefficient (Wildman–Crippen LogP) is 0.329. The van der Waals surface area contributed by atoms with Crippen molar-refractivity contribution in [2.45, 2.75) is 32.2 Å². The number of sulfonamides is 1. The number of carbonyl (C=O) groups excluding carboxylic acids is 1. The van der Waals surface area contributed by atoms with E-state index in [1.54, 1.807) is 18.0 Å². The first-order valence-electron chi connectivity index (χ1n) is 6.91. The van der Waals surface area contributed by atoms with Gasteiger partial charge in [0.05, 0.1) is 18.1 Å². The van der Waals surface area contributed by atoms with E-state index >= 15 is 0 Å². The van der Waals surface area contributed by atoms with Crippen LogP contribution in [0.15, 0.2) is 12.4 Å². The molecule has 1 N–H and O–H groups in total. The zero-order chi connectivity index (χ0) is 15.5. The number of nitrogens with one attached hydrogen (secondary N) is 1. The SMILES string of the molecule is Cc1cnc(C(=O)N2CCCC[C@H]2CNS(C)(=O)=O)cn1. The second kappa shape index (κ2) is 6.48. The Bertz CT molecular complexity index is 600. The van der Waals surface area contributed by atoms with Gasteiger partial charge in [-0.2, -0.15) is 0 Å². The normalized spacial score (nSPS) is 19.5. The third kappa shape index (κ3) is 4.47. The van der Waals surface area contributed by atoms with Crippen molar-refractivity contribution < 1.29 is 13.2 Å². The van der Waals surface area contributed by atoms with Crippen LogP contribution in [0.4, 0.5) is 0 Å². The third-order valence-electron chi connectivity index (χ3n) is 3.47. The molecule has 0 unspecified atom stereocenters. The molecule has 0 spiro atoms. The number of aryl methyl sites for hydroxylation is 1. The molecule has 1 aromatic rings. The van der Waals surface area contributed by atoms with Gasteiger partial charge in [0.25, 0.3) is 5.91 Å². The highest BCUT2D eigenvalue weighted by atomic mass is 32.2. The molecule has 0 aromatic carbocycles. The first kappa shape index (κ1) is 15.8. The Hall–Kier alpha value is -1.54. The van der Waals surface area contributed by atoms with Crippen molar-refractivity contribution in [3.05, 3.63) is 23.8 Å². The number of likely N-dealkylation sites (tertiary alicyclic amines) is 1. The monoisotopic (exact) mass is 312 g/mol. The summed E-state index contributed by atoms with van der Waals surface area (Å²) in [6.07, 6.45) is 6.83. The summed E-state index contributed by atoms with van der Waals surface area (Å²) in [7, 11) is -3.26. The van der Waals surface area contributed by atoms with Gasteiger partial charge in [0.1, 0.15) is 5.69 Å². The molecule has 2 rings (SSSR count). The van der Waals surface area contributed by atoms with Crippen molar-refractivity contribution in [1.82, 2.24) is 19.6 Å². The molecule has 0 aliphatic carbocycles. The van der Waals surface area contributed by atoms with Gasteiger partial charge >= 0.3 is 0 Å². The maximum absolute atomic E-state index is 12.5. The number of rotatable bonds is 4. The first-order chi connectivity index (χ1) is 9.87. The Morgan fingerprint density at radius 2 is 2.14 bits per heavy atom. The summed E-state index contributed by atoms with van der Waals surface area (Å²) < 4.78 is 24.9. The zero-order valence-corrected chi connectivity index (χ0v) is 13.1. The second-order valence-corrected chi connectivity index (χ2v) is 7.14. The number of hydrogen-bond donors (Lipinski definition) is 1. The summed E-state index contributed by atoms with van der Waals surface area (Å²) in [6.45, 7) is 2.66. The van der Waals surface area contributed by atoms with Gasteiger partial charge in [-0.25, -0.2) is 18.1 Å². The molecule has 1 atom stereocenters. The fourth-order valence-corrected chi connectivity index (χ4v) is 2.87. The quantitative estimate of drug-likeness (QED) is 0.865. The molecule has 1 aliphatic rings. The summed E-state index contributed by atoms with van der Waals surface area (Å²) in [5, 5.41) is 0. The van der Waals surface area contributed by atoms with Crippen LogP contribution in [-0.2, 0) is 10.0 Å². The minimum Gasteiger partial charge on any atom is -0.333 e. The highest BCUT2D eigenvalue weighted by molar-refractivity contribution is 7.88. The number of amides is 1. The molecule has 1 amide bonds. The Labute approximate surface area is 124 Å². The highest BCUT2D eigenvalue weighted by Crippen LogP contribution is 2.18. The number of hydrogen-bond acceptors (Lipinski definition) is 5. The molecule has 0 saturated carbocycles. The maximum atomic E-state index is 12.5. The largest absolute Gasteiger partial charge is 0.333 e. The molecular weight excluding hydrogens is 292 g/mol. The standard InChI is InChI=1S/C13H20N4O3S/c1-10-7-15-12(9-14-10)13(18)17-6-4-3-5-11(17)8-16-21(2,19)20/h7,9,11,16H,3-6,8H2,1-2H3/t11-/m0/s1. The lowest BCUT2D eigenvalue weighted by atomic mass is 10.0. The summed E-state index contributed by atoms with van der Waals surface area (Å²) in [6, 6.07) is -0.135. The zero-order valence-electron chi connectivity index (χ0n) is 12.2. The van der Waals surface area contributed by atoms with Crippen molar-refractivity contribution in [2.24, 2.45) is 0 Å². The summed E-state index contributed by atoms with van der Waals surface area (Å²) in [4.78, 5) is 22.4. The summed E-state index contributed by atoms with van der Waals surface area (Å²) >= 11 is 0. The van der Waals surface area contributed by atoms with Gasteiger partial charge in [-0.15, -0.1) is 0 Å². The lowest BCUT2D eigenvalue weighted by Gasteiger charge is -2.35. The van der Waals surface area contributed by atoms with Crippen LogP contribution in [0.3, 0.4) is 0 Å². The van der Waals surface area contributed by atoms with E-state index in [4.69, 9.17) is 0 Å². The smallest absolute Gasteiger partial charge is 0.274 e. The topological polar surface area (TPSA) is 92.3 Å². The Kier molecular flexibility index (Phi) is 4.89. The van der Waals surface area contributed by atoms with Gasteiger partial charge in [0.15, 0.2) is 0 Å². The average Bonchev–Trinajstić information content (AvgIpc) is 2.45. The van der Waals surface area contributed by atoms with Crippen LogP contribution in [0, 0.1) is 6.92 Å². The van der Waals surface area contributed by atoms with Crippen molar-refractivity contribution in [1.29, 1.82) is 0 Å². The minimum atomic E-state index is -3.26. The Morgan fingerprint density at radius 1 is 1.38 bits per heavy atom. The van der Waals surface area contributed by atoms with E-state index in [1.807, 2.05) is 0 Å². The van der Waals surface area contributed by atoms with Gasteiger partial charge in [0, 0.05) is 25.3 Å². The second-order valence-electron chi connectivity index (χ2n) is 5.31. The van der Waals surface area contributed by atoms with E-state index in [0.717, 1.165) is 31.2 Å². The highest BCUT2D eigenvalue weighted by Gasteiger charge is 2.28. The van der Waals surface area contributed by atoms with Crippen molar-refractivity contribution in [3.63, 3.8) is 0 Å². The predicted molar refractivity (Wildman–Crippen MR) is 78.3 cm³/mol. The first-order valence-corrected chi connectivity index (χ1v) is 8.80. The molecule has 0 radical (unpaired) electrons. The van der Waals surface area contributed by atoms with Crippen LogP contribution in [0.25, 0.3) is 0 Å². The van der Waals surface area contributed by atoms with Gasteiger partial charge in [-0.05, 0) is 26.2 Å². The molecule has 116 valence electrons. The van der Waals surface area contributed by atoms with Crippen LogP contribution in [0.2, 0.25) is 0 Å². The fraction of sp³-hybridized carbons (Fsp3) is 0.615. The molecule has 1 saturated heterocycles. The molecule has 21 heavy (non-hydrogen) atoms. The van der Waals surface area contributed by atoms with Crippen molar-refractivity contribution in [2.75, 3.05) is 19.3 Å². The fourth-order valence-electron chi connectivity index (χ4n) is 2.38. The van der Waals surface area contributed by atoms with E-state index in [0.29, 0.717) is 12.2 Å². The lowest BCUT2D eigenvalue weighted by Crippen LogP contribution is -2.49. The molecule has 0 bridgehead atoms. The van der Waals surface area contributed by atoms with Crippen molar-refractivity contribution in [3.8, 4) is 0 Å². The molecular formula is C13H20N4O3S. The summed E-state index contributed by atoms with van der Waals surface area (Å²) in [5.41, 5.74) is 1.05. The van der Waals surface area contributed by atoms with Gasteiger partial charge in [-0.1, -0.05) is 0 Å². The van der Waals surface area contributed by atoms with Crippen LogP contribution in [0.1, 0.15) is 35.4 Å². The van der Waals surface area contributed by atoms with Gasteiger partial charge in [-0.3, -0.25) is 9.78 Å². The van der Waals surface area contributed by atoms with Crippen molar-refractivity contribution >= 4 is 15.9 Å². The molecule has 2 heterocycles.